The molecule has 43 heavy (non-hydrogen) atoms. The fourth-order valence-electron chi connectivity index (χ4n) is 4.02. The van der Waals surface area contributed by atoms with Gasteiger partial charge in [0.25, 0.3) is 0 Å². The van der Waals surface area contributed by atoms with Crippen LogP contribution in [-0.2, 0) is 27.9 Å². The first-order chi connectivity index (χ1) is 20.8. The summed E-state index contributed by atoms with van der Waals surface area (Å²) in [5, 5.41) is 0. The Morgan fingerprint density at radius 2 is 1.33 bits per heavy atom. The molecule has 0 saturated heterocycles. The number of carbonyl (C=O) groups is 2. The van der Waals surface area contributed by atoms with Crippen molar-refractivity contribution < 1.29 is 32.8 Å². The Hall–Kier alpha value is -2.80. The van der Waals surface area contributed by atoms with Crippen LogP contribution in [0.2, 0.25) is 0 Å². The molecular formula is C28H50N7O7P. The average Bonchev–Trinajstić information content (AvgIpc) is 3.43. The number of nitrogen functional groups attached to an aromatic ring is 1. The highest BCUT2D eigenvalue weighted by molar-refractivity contribution is 7.53. The van der Waals surface area contributed by atoms with Gasteiger partial charge in [-0.3, -0.25) is 23.2 Å². The lowest BCUT2D eigenvalue weighted by Gasteiger charge is -2.25. The van der Waals surface area contributed by atoms with Crippen LogP contribution in [0.3, 0.4) is 0 Å². The molecular weight excluding hydrogens is 577 g/mol. The molecule has 0 unspecified atom stereocenters. The molecule has 0 aromatic carbocycles. The minimum absolute atomic E-state index is 0.0110. The number of ether oxygens (including phenoxy) is 1. The molecule has 244 valence electrons. The first-order valence-electron chi connectivity index (χ1n) is 15.4. The summed E-state index contributed by atoms with van der Waals surface area (Å²) in [6, 6.07) is 0. The third-order valence-corrected chi connectivity index (χ3v) is 8.18. The topological polar surface area (TPSA) is 164 Å². The second kappa shape index (κ2) is 20.2. The molecule has 2 heterocycles. The summed E-state index contributed by atoms with van der Waals surface area (Å²) in [5.74, 6) is -0.323. The first-order valence-corrected chi connectivity index (χ1v) is 17.1. The van der Waals surface area contributed by atoms with Gasteiger partial charge in [0.15, 0.2) is 11.3 Å². The van der Waals surface area contributed by atoms with E-state index >= 15 is 0 Å². The van der Waals surface area contributed by atoms with Gasteiger partial charge in [0.2, 0.25) is 17.5 Å². The van der Waals surface area contributed by atoms with Crippen LogP contribution in [0, 0.1) is 0 Å². The molecule has 0 spiro atoms. The van der Waals surface area contributed by atoms with Crippen molar-refractivity contribution in [2.75, 3.05) is 64.7 Å². The predicted molar refractivity (Wildman–Crippen MR) is 164 cm³/mol. The molecule has 0 aliphatic heterocycles. The smallest absolute Gasteiger partial charge is 0.357 e. The number of aromatic nitrogens is 4. The largest absolute Gasteiger partial charge is 0.408 e. The van der Waals surface area contributed by atoms with Gasteiger partial charge in [0, 0.05) is 26.2 Å². The lowest BCUT2D eigenvalue weighted by Crippen LogP contribution is -2.36. The minimum Gasteiger partial charge on any atom is -0.408 e. The molecule has 15 heteroatoms. The summed E-state index contributed by atoms with van der Waals surface area (Å²) >= 11 is 0. The van der Waals surface area contributed by atoms with Crippen LogP contribution in [0.1, 0.15) is 79.1 Å². The van der Waals surface area contributed by atoms with E-state index in [4.69, 9.17) is 24.4 Å². The standard InChI is InChI=1S/C28H50N7O7P/c1-5-9-13-33(14-10-6-2)24(36)19-41-43(38,42-20-25(37)34(15-11-7-3)16-12-8-4)23-39-17-18-40-35-22-32-26-27(29)30-21-31-28(26)35/h21-22H,5-20,23H2,1-4H3,(H2,29,30,31). The fourth-order valence-corrected chi connectivity index (χ4v) is 5.21. The Bertz CT molecular complexity index is 1090. The van der Waals surface area contributed by atoms with E-state index in [0.29, 0.717) is 37.3 Å². The molecule has 0 aliphatic carbocycles. The summed E-state index contributed by atoms with van der Waals surface area (Å²) in [6.07, 6.45) is 9.47. The summed E-state index contributed by atoms with van der Waals surface area (Å²) in [5.41, 5.74) is 6.61. The summed E-state index contributed by atoms with van der Waals surface area (Å²) in [6.45, 7) is 9.81. The quantitative estimate of drug-likeness (QED) is 0.133. The lowest BCUT2D eigenvalue weighted by molar-refractivity contribution is -0.134. The third-order valence-electron chi connectivity index (χ3n) is 6.64. The number of rotatable bonds is 24. The Morgan fingerprint density at radius 3 is 1.81 bits per heavy atom. The average molecular weight is 628 g/mol. The molecule has 2 aromatic heterocycles. The molecule has 0 aliphatic rings. The van der Waals surface area contributed by atoms with Crippen LogP contribution in [0.25, 0.3) is 11.2 Å². The van der Waals surface area contributed by atoms with E-state index in [1.54, 1.807) is 9.80 Å². The number of nitrogens with zero attached hydrogens (tertiary/aromatic N) is 6. The van der Waals surface area contributed by atoms with Gasteiger partial charge in [-0.2, -0.15) is 4.73 Å². The van der Waals surface area contributed by atoms with Gasteiger partial charge in [-0.15, -0.1) is 0 Å². The van der Waals surface area contributed by atoms with Crippen molar-refractivity contribution in [3.63, 3.8) is 0 Å². The summed E-state index contributed by atoms with van der Waals surface area (Å²) in [4.78, 5) is 47.2. The number of hydrogen-bond acceptors (Lipinski definition) is 11. The Kier molecular flexibility index (Phi) is 17.1. The predicted octanol–water partition coefficient (Wildman–Crippen LogP) is 3.90. The van der Waals surface area contributed by atoms with Crippen molar-refractivity contribution >= 4 is 36.4 Å². The number of unbranched alkanes of at least 4 members (excludes halogenated alkanes) is 4. The maximum atomic E-state index is 13.7. The number of imidazole rings is 1. The van der Waals surface area contributed by atoms with Crippen molar-refractivity contribution in [1.82, 2.24) is 29.5 Å². The number of fused-ring (bicyclic) bond motifs is 1. The molecule has 0 atom stereocenters. The monoisotopic (exact) mass is 627 g/mol. The number of amides is 2. The van der Waals surface area contributed by atoms with Gasteiger partial charge >= 0.3 is 7.60 Å². The molecule has 2 rings (SSSR count). The summed E-state index contributed by atoms with van der Waals surface area (Å²) < 4.78 is 31.9. The Labute approximate surface area is 255 Å². The maximum absolute atomic E-state index is 13.7. The maximum Gasteiger partial charge on any atom is 0.357 e. The van der Waals surface area contributed by atoms with E-state index in [1.807, 2.05) is 0 Å². The second-order valence-corrected chi connectivity index (χ2v) is 12.2. The highest BCUT2D eigenvalue weighted by atomic mass is 31.2. The van der Waals surface area contributed by atoms with Gasteiger partial charge in [0.1, 0.15) is 38.8 Å². The van der Waals surface area contributed by atoms with Crippen molar-refractivity contribution in [2.45, 2.75) is 79.1 Å². The fraction of sp³-hybridized carbons (Fsp3) is 0.750. The normalized spacial score (nSPS) is 11.6. The Morgan fingerprint density at radius 1 is 0.814 bits per heavy atom. The lowest BCUT2D eigenvalue weighted by atomic mass is 10.2. The van der Waals surface area contributed by atoms with Crippen LogP contribution in [-0.4, -0.2) is 100 Å². The van der Waals surface area contributed by atoms with E-state index in [-0.39, 0.29) is 30.8 Å². The third kappa shape index (κ3) is 12.8. The molecule has 14 nitrogen and oxygen atoms in total. The van der Waals surface area contributed by atoms with Crippen molar-refractivity contribution in [3.05, 3.63) is 12.7 Å². The zero-order valence-corrected chi connectivity index (χ0v) is 27.1. The van der Waals surface area contributed by atoms with Crippen LogP contribution in [0.5, 0.6) is 0 Å². The van der Waals surface area contributed by atoms with Crippen LogP contribution < -0.4 is 10.6 Å². The number of carbonyl (C=O) groups excluding carboxylic acids is 2. The van der Waals surface area contributed by atoms with Crippen molar-refractivity contribution in [3.8, 4) is 0 Å². The van der Waals surface area contributed by atoms with Crippen LogP contribution in [0.15, 0.2) is 12.7 Å². The molecule has 2 N–H and O–H groups in total. The number of anilines is 1. The molecule has 2 aromatic rings. The first kappa shape index (κ1) is 36.4. The zero-order chi connectivity index (χ0) is 31.5. The number of nitrogens with two attached hydrogens (primary N) is 1. The summed E-state index contributed by atoms with van der Waals surface area (Å²) in [7, 11) is -3.99. The van der Waals surface area contributed by atoms with E-state index < -0.39 is 27.2 Å². The van der Waals surface area contributed by atoms with E-state index in [9.17, 15) is 14.2 Å². The van der Waals surface area contributed by atoms with E-state index in [1.165, 1.54) is 17.4 Å². The number of hydrogen-bond donors (Lipinski definition) is 1. The Balaban J connectivity index is 2.02. The zero-order valence-electron chi connectivity index (χ0n) is 26.2. The van der Waals surface area contributed by atoms with Gasteiger partial charge < -0.3 is 25.1 Å². The van der Waals surface area contributed by atoms with Crippen molar-refractivity contribution in [2.24, 2.45) is 0 Å². The molecule has 0 fully saturated rings. The second-order valence-electron chi connectivity index (χ2n) is 10.2. The SMILES string of the molecule is CCCCN(CCCC)C(=O)COP(=O)(COCCOn1cnc2c(N)ncnc21)OCC(=O)N(CCCC)CCCC. The molecule has 0 saturated carbocycles. The van der Waals surface area contributed by atoms with Crippen LogP contribution in [0.4, 0.5) is 5.82 Å². The van der Waals surface area contributed by atoms with Gasteiger partial charge in [0.05, 0.1) is 6.61 Å². The molecule has 2 amide bonds. The van der Waals surface area contributed by atoms with E-state index in [0.717, 1.165) is 51.4 Å². The molecule has 0 radical (unpaired) electrons. The molecule has 0 bridgehead atoms. The highest BCUT2D eigenvalue weighted by Gasteiger charge is 2.30. The van der Waals surface area contributed by atoms with Crippen LogP contribution >= 0.6 is 7.60 Å². The van der Waals surface area contributed by atoms with Crippen molar-refractivity contribution in [1.29, 1.82) is 0 Å². The van der Waals surface area contributed by atoms with E-state index in [2.05, 4.69) is 42.6 Å². The highest BCUT2D eigenvalue weighted by Crippen LogP contribution is 2.48. The van der Waals surface area contributed by atoms with Gasteiger partial charge in [-0.1, -0.05) is 53.4 Å². The minimum atomic E-state index is -3.99. The van der Waals surface area contributed by atoms with Gasteiger partial charge in [-0.05, 0) is 25.7 Å². The van der Waals surface area contributed by atoms with Gasteiger partial charge in [-0.25, -0.2) is 15.0 Å².